The molecule has 3 rings (SSSR count). The maximum atomic E-state index is 12.3. The number of nitrogens with one attached hydrogen (secondary N) is 2. The van der Waals surface area contributed by atoms with Gasteiger partial charge in [0.1, 0.15) is 11.9 Å². The summed E-state index contributed by atoms with van der Waals surface area (Å²) in [6, 6.07) is 7.37. The molecule has 31 heavy (non-hydrogen) atoms. The maximum absolute atomic E-state index is 12.3. The van der Waals surface area contributed by atoms with E-state index < -0.39 is 0 Å². The smallest absolute Gasteiger partial charge is 0.225 e. The summed E-state index contributed by atoms with van der Waals surface area (Å²) in [4.78, 5) is 21.1. The number of rotatable bonds is 8. The zero-order valence-electron chi connectivity index (χ0n) is 18.5. The lowest BCUT2D eigenvalue weighted by atomic mass is 9.84. The average Bonchev–Trinajstić information content (AvgIpc) is 2.71. The zero-order chi connectivity index (χ0) is 21.3. The van der Waals surface area contributed by atoms with Crippen molar-refractivity contribution in [1.82, 2.24) is 20.4 Å². The molecule has 1 heterocycles. The molecular formula is C22H35ClIN5O2. The second-order valence-corrected chi connectivity index (χ2v) is 8.49. The predicted octanol–water partition coefficient (Wildman–Crippen LogP) is 2.83. The van der Waals surface area contributed by atoms with E-state index in [9.17, 15) is 4.79 Å². The lowest BCUT2D eigenvalue weighted by molar-refractivity contribution is -0.139. The first-order chi connectivity index (χ1) is 14.5. The number of aliphatic imine (C=N–C) groups is 1. The Morgan fingerprint density at radius 3 is 2.45 bits per heavy atom. The number of ether oxygens (including phenoxy) is 1. The van der Waals surface area contributed by atoms with Gasteiger partial charge in [0.25, 0.3) is 0 Å². The highest BCUT2D eigenvalue weighted by Gasteiger charge is 2.30. The molecule has 1 aromatic carbocycles. The van der Waals surface area contributed by atoms with Crippen molar-refractivity contribution < 1.29 is 9.53 Å². The van der Waals surface area contributed by atoms with Crippen molar-refractivity contribution >= 4 is 47.4 Å². The van der Waals surface area contributed by atoms with Crippen LogP contribution in [0.4, 0.5) is 0 Å². The first kappa shape index (κ1) is 26.0. The molecular weight excluding hydrogens is 529 g/mol. The number of piperazine rings is 1. The summed E-state index contributed by atoms with van der Waals surface area (Å²) in [5.41, 5.74) is 0. The number of nitrogens with zero attached hydrogens (tertiary/aromatic N) is 3. The van der Waals surface area contributed by atoms with Crippen LogP contribution in [0, 0.1) is 5.92 Å². The molecule has 1 aliphatic carbocycles. The van der Waals surface area contributed by atoms with Gasteiger partial charge >= 0.3 is 0 Å². The lowest BCUT2D eigenvalue weighted by Gasteiger charge is -2.38. The van der Waals surface area contributed by atoms with Crippen LogP contribution in [-0.2, 0) is 4.79 Å². The van der Waals surface area contributed by atoms with Crippen LogP contribution in [0.25, 0.3) is 0 Å². The minimum atomic E-state index is -0.00833. The highest BCUT2D eigenvalue weighted by atomic mass is 127. The Morgan fingerprint density at radius 2 is 1.87 bits per heavy atom. The lowest BCUT2D eigenvalue weighted by Crippen LogP contribution is -2.52. The standard InChI is InChI=1S/C22H34ClN5O2.HI/c1-17(30-20-8-6-19(23)7-9-20)16-26-22(24-2)25-10-11-27-12-14-28(15-13-27)21(29)18-4-3-5-18;/h6-9,17-18H,3-5,10-16H2,1-2H3,(H2,24,25,26);1H. The minimum Gasteiger partial charge on any atom is -0.489 e. The van der Waals surface area contributed by atoms with Crippen LogP contribution in [0.5, 0.6) is 5.75 Å². The molecule has 1 saturated carbocycles. The third kappa shape index (κ3) is 8.31. The van der Waals surface area contributed by atoms with Gasteiger partial charge in [0.2, 0.25) is 5.91 Å². The molecule has 1 amide bonds. The average molecular weight is 564 g/mol. The van der Waals surface area contributed by atoms with E-state index in [1.54, 1.807) is 7.05 Å². The number of guanidine groups is 1. The highest BCUT2D eigenvalue weighted by molar-refractivity contribution is 14.0. The Hall–Kier alpha value is -1.26. The number of carbonyl (C=O) groups is 1. The van der Waals surface area contributed by atoms with Crippen LogP contribution in [0.15, 0.2) is 29.3 Å². The number of amides is 1. The fourth-order valence-electron chi connectivity index (χ4n) is 3.69. The summed E-state index contributed by atoms with van der Waals surface area (Å²) in [5, 5.41) is 7.36. The third-order valence-corrected chi connectivity index (χ3v) is 6.04. The van der Waals surface area contributed by atoms with Gasteiger partial charge in [0.15, 0.2) is 5.96 Å². The number of carbonyl (C=O) groups excluding carboxylic acids is 1. The summed E-state index contributed by atoms with van der Waals surface area (Å²) in [6.45, 7) is 7.98. The maximum Gasteiger partial charge on any atom is 0.225 e. The third-order valence-electron chi connectivity index (χ3n) is 5.79. The zero-order valence-corrected chi connectivity index (χ0v) is 21.6. The van der Waals surface area contributed by atoms with E-state index in [1.165, 1.54) is 6.42 Å². The number of halogens is 2. The van der Waals surface area contributed by atoms with Gasteiger partial charge in [-0.1, -0.05) is 18.0 Å². The summed E-state index contributed by atoms with van der Waals surface area (Å²) >= 11 is 5.90. The largest absolute Gasteiger partial charge is 0.489 e. The van der Waals surface area contributed by atoms with E-state index in [0.717, 1.165) is 63.8 Å². The second kappa shape index (κ2) is 13.3. The molecule has 9 heteroatoms. The predicted molar refractivity (Wildman–Crippen MR) is 137 cm³/mol. The van der Waals surface area contributed by atoms with Gasteiger partial charge in [-0.25, -0.2) is 0 Å². The Balaban J connectivity index is 0.00000341. The number of hydrogen-bond acceptors (Lipinski definition) is 4. The SMILES string of the molecule is CN=C(NCCN1CCN(C(=O)C2CCC2)CC1)NCC(C)Oc1ccc(Cl)cc1.I. The van der Waals surface area contributed by atoms with E-state index in [2.05, 4.69) is 25.4 Å². The van der Waals surface area contributed by atoms with Crippen LogP contribution in [-0.4, -0.2) is 80.6 Å². The van der Waals surface area contributed by atoms with Gasteiger partial charge in [-0.15, -0.1) is 24.0 Å². The number of benzene rings is 1. The minimum absolute atomic E-state index is 0. The van der Waals surface area contributed by atoms with E-state index in [-0.39, 0.29) is 30.1 Å². The molecule has 2 N–H and O–H groups in total. The first-order valence-corrected chi connectivity index (χ1v) is 11.3. The van der Waals surface area contributed by atoms with Gasteiger partial charge in [0.05, 0.1) is 6.54 Å². The van der Waals surface area contributed by atoms with Crippen LogP contribution in [0.1, 0.15) is 26.2 Å². The molecule has 1 saturated heterocycles. The van der Waals surface area contributed by atoms with E-state index in [0.29, 0.717) is 23.4 Å². The van der Waals surface area contributed by atoms with Crippen molar-refractivity contribution in [2.45, 2.75) is 32.3 Å². The molecule has 0 aromatic heterocycles. The normalized spacial score (nSPS) is 18.5. The molecule has 0 spiro atoms. The fraction of sp³-hybridized carbons (Fsp3) is 0.636. The van der Waals surface area contributed by atoms with Crippen LogP contribution in [0.2, 0.25) is 5.02 Å². The van der Waals surface area contributed by atoms with Crippen molar-refractivity contribution in [3.8, 4) is 5.75 Å². The van der Waals surface area contributed by atoms with E-state index in [1.807, 2.05) is 31.2 Å². The molecule has 7 nitrogen and oxygen atoms in total. The van der Waals surface area contributed by atoms with Crippen LogP contribution < -0.4 is 15.4 Å². The summed E-state index contributed by atoms with van der Waals surface area (Å²) in [5.74, 6) is 2.24. The topological polar surface area (TPSA) is 69.2 Å². The molecule has 2 aliphatic rings. The van der Waals surface area contributed by atoms with Crippen molar-refractivity contribution in [2.24, 2.45) is 10.9 Å². The van der Waals surface area contributed by atoms with Crippen LogP contribution in [0.3, 0.4) is 0 Å². The molecule has 2 fully saturated rings. The molecule has 1 unspecified atom stereocenters. The molecule has 0 radical (unpaired) electrons. The van der Waals surface area contributed by atoms with Gasteiger partial charge in [0, 0.05) is 57.3 Å². The summed E-state index contributed by atoms with van der Waals surface area (Å²) < 4.78 is 5.88. The molecule has 1 atom stereocenters. The monoisotopic (exact) mass is 563 g/mol. The Labute approximate surface area is 207 Å². The van der Waals surface area contributed by atoms with Gasteiger partial charge in [-0.2, -0.15) is 0 Å². The highest BCUT2D eigenvalue weighted by Crippen LogP contribution is 2.28. The Bertz CT molecular complexity index is 706. The number of hydrogen-bond donors (Lipinski definition) is 2. The van der Waals surface area contributed by atoms with Crippen molar-refractivity contribution in [2.75, 3.05) is 52.9 Å². The Kier molecular flexibility index (Phi) is 11.2. The van der Waals surface area contributed by atoms with Crippen molar-refractivity contribution in [1.29, 1.82) is 0 Å². The van der Waals surface area contributed by atoms with Gasteiger partial charge < -0.3 is 20.3 Å². The van der Waals surface area contributed by atoms with Crippen molar-refractivity contribution in [3.05, 3.63) is 29.3 Å². The summed E-state index contributed by atoms with van der Waals surface area (Å²) in [7, 11) is 1.77. The summed E-state index contributed by atoms with van der Waals surface area (Å²) in [6.07, 6.45) is 3.37. The second-order valence-electron chi connectivity index (χ2n) is 8.06. The Morgan fingerprint density at radius 1 is 1.19 bits per heavy atom. The fourth-order valence-corrected chi connectivity index (χ4v) is 3.81. The van der Waals surface area contributed by atoms with Gasteiger partial charge in [-0.3, -0.25) is 14.7 Å². The molecule has 1 aliphatic heterocycles. The van der Waals surface area contributed by atoms with E-state index in [4.69, 9.17) is 16.3 Å². The van der Waals surface area contributed by atoms with Crippen LogP contribution >= 0.6 is 35.6 Å². The van der Waals surface area contributed by atoms with Gasteiger partial charge in [-0.05, 0) is 44.0 Å². The first-order valence-electron chi connectivity index (χ1n) is 10.9. The quantitative estimate of drug-likeness (QED) is 0.289. The molecule has 0 bridgehead atoms. The van der Waals surface area contributed by atoms with E-state index >= 15 is 0 Å². The van der Waals surface area contributed by atoms with Crippen molar-refractivity contribution in [3.63, 3.8) is 0 Å². The molecule has 1 aromatic rings. The molecule has 174 valence electrons.